The van der Waals surface area contributed by atoms with E-state index in [9.17, 15) is 0 Å². The van der Waals surface area contributed by atoms with E-state index in [0.717, 1.165) is 0 Å². The van der Waals surface area contributed by atoms with Crippen LogP contribution in [0.3, 0.4) is 0 Å². The minimum atomic E-state index is 0. The predicted molar refractivity (Wildman–Crippen MR) is 70.2 cm³/mol. The van der Waals surface area contributed by atoms with Crippen molar-refractivity contribution in [3.8, 4) is 0 Å². The minimum absolute atomic E-state index is 0. The van der Waals surface area contributed by atoms with Crippen molar-refractivity contribution in [3.63, 3.8) is 0 Å². The molecular weight excluding hydrogens is 587 g/mol. The van der Waals surface area contributed by atoms with Crippen LogP contribution in [0.2, 0.25) is 0 Å². The van der Waals surface area contributed by atoms with E-state index in [0.29, 0.717) is 0 Å². The van der Waals surface area contributed by atoms with Crippen LogP contribution in [0.15, 0.2) is 0 Å². The van der Waals surface area contributed by atoms with Gasteiger partial charge in [0.2, 0.25) is 0 Å². The van der Waals surface area contributed by atoms with E-state index in [-0.39, 0.29) is 113 Å². The molecule has 5 heavy (non-hydrogen) atoms. The molecule has 0 aliphatic carbocycles. The van der Waals surface area contributed by atoms with Gasteiger partial charge in [-0.05, 0) is 0 Å². The fourth-order valence-electron chi connectivity index (χ4n) is 0. The van der Waals surface area contributed by atoms with Gasteiger partial charge in [-0.3, -0.25) is 0 Å². The van der Waals surface area contributed by atoms with E-state index in [1.165, 1.54) is 0 Å². The van der Waals surface area contributed by atoms with Gasteiger partial charge in [-0.25, -0.2) is 0 Å². The second-order valence-corrected chi connectivity index (χ2v) is 0. The molecule has 0 unspecified atom stereocenters. The molecular formula is H6I4Se. The molecule has 0 saturated heterocycles. The van der Waals surface area contributed by atoms with E-state index in [4.69, 9.17) is 0 Å². The van der Waals surface area contributed by atoms with Gasteiger partial charge in [0.1, 0.15) is 0 Å². The van der Waals surface area contributed by atoms with Gasteiger partial charge >= 0.3 is 17.1 Å². The van der Waals surface area contributed by atoms with E-state index in [2.05, 4.69) is 0 Å². The van der Waals surface area contributed by atoms with Gasteiger partial charge in [-0.15, -0.1) is 95.9 Å². The van der Waals surface area contributed by atoms with Crippen molar-refractivity contribution >= 4 is 113 Å². The second-order valence-electron chi connectivity index (χ2n) is 0. The molecule has 0 saturated carbocycles. The van der Waals surface area contributed by atoms with Gasteiger partial charge in [0.15, 0.2) is 0 Å². The van der Waals surface area contributed by atoms with Gasteiger partial charge in [-0.1, -0.05) is 0 Å². The fraction of sp³-hybridized carbons (Fsp3) is 0. The predicted octanol–water partition coefficient (Wildman–Crippen LogP) is 1.56. The number of halogens is 4. The first-order chi connectivity index (χ1) is 0. The zero-order valence-corrected chi connectivity index (χ0v) is 13.6. The van der Waals surface area contributed by atoms with Crippen LogP contribution in [-0.4, -0.2) is 17.1 Å². The summed E-state index contributed by atoms with van der Waals surface area (Å²) in [6, 6.07) is 0. The first kappa shape index (κ1) is 39.5. The van der Waals surface area contributed by atoms with Gasteiger partial charge in [0, 0.05) is 0 Å². The Labute approximate surface area is 111 Å². The van der Waals surface area contributed by atoms with Crippen LogP contribution in [0.25, 0.3) is 0 Å². The first-order valence-electron chi connectivity index (χ1n) is 0. The number of hydrogen-bond acceptors (Lipinski definition) is 0. The third-order valence-corrected chi connectivity index (χ3v) is 0. The van der Waals surface area contributed by atoms with Crippen molar-refractivity contribution in [2.45, 2.75) is 0 Å². The van der Waals surface area contributed by atoms with E-state index in [1.807, 2.05) is 0 Å². The zero-order chi connectivity index (χ0) is 0. The molecule has 0 aliphatic rings. The molecule has 0 fully saturated rings. The molecule has 40 valence electrons. The van der Waals surface area contributed by atoms with Crippen molar-refractivity contribution in [1.82, 2.24) is 0 Å². The molecule has 0 radical (unpaired) electrons. The number of rotatable bonds is 0. The molecule has 0 spiro atoms. The molecule has 0 amide bonds. The van der Waals surface area contributed by atoms with Crippen molar-refractivity contribution in [1.29, 1.82) is 0 Å². The Morgan fingerprint density at radius 2 is 0.400 bits per heavy atom. The van der Waals surface area contributed by atoms with Crippen LogP contribution in [0, 0.1) is 0 Å². The van der Waals surface area contributed by atoms with Crippen molar-refractivity contribution in [2.24, 2.45) is 0 Å². The summed E-state index contributed by atoms with van der Waals surface area (Å²) in [6.45, 7) is 0. The Morgan fingerprint density at radius 3 is 0.400 bits per heavy atom. The van der Waals surface area contributed by atoms with E-state index < -0.39 is 0 Å². The topological polar surface area (TPSA) is 0 Å². The van der Waals surface area contributed by atoms with Crippen LogP contribution >= 0.6 is 95.9 Å². The summed E-state index contributed by atoms with van der Waals surface area (Å²) < 4.78 is 0. The molecule has 0 bridgehead atoms. The summed E-state index contributed by atoms with van der Waals surface area (Å²) in [5.74, 6) is 0. The maximum atomic E-state index is 0. The van der Waals surface area contributed by atoms with Crippen molar-refractivity contribution in [3.05, 3.63) is 0 Å². The molecule has 0 aromatic rings. The fourth-order valence-corrected chi connectivity index (χ4v) is 0. The average Bonchev–Trinajstić information content (AvgIpc) is 0. The van der Waals surface area contributed by atoms with E-state index >= 15 is 0 Å². The van der Waals surface area contributed by atoms with Crippen LogP contribution in [0.4, 0.5) is 0 Å². The molecule has 0 aliphatic heterocycles. The standard InChI is InChI=1S/4HI.H2Se/h4*1H;1H2. The Kier molecular flexibility index (Phi) is 206. The van der Waals surface area contributed by atoms with Crippen molar-refractivity contribution in [2.75, 3.05) is 0 Å². The van der Waals surface area contributed by atoms with Crippen LogP contribution < -0.4 is 0 Å². The van der Waals surface area contributed by atoms with Gasteiger partial charge < -0.3 is 0 Å². The molecule has 0 N–H and O–H groups in total. The maximum absolute atomic E-state index is 0. The Hall–Kier alpha value is 3.44. The molecule has 5 heteroatoms. The Bertz CT molecular complexity index is 3.61. The van der Waals surface area contributed by atoms with Crippen molar-refractivity contribution < 1.29 is 0 Å². The summed E-state index contributed by atoms with van der Waals surface area (Å²) in [5, 5.41) is 0. The molecule has 0 heterocycles. The van der Waals surface area contributed by atoms with Gasteiger partial charge in [0.05, 0.1) is 0 Å². The Morgan fingerprint density at radius 1 is 0.400 bits per heavy atom. The summed E-state index contributed by atoms with van der Waals surface area (Å²) in [6.07, 6.45) is 0. The second kappa shape index (κ2) is 26.1. The third-order valence-electron chi connectivity index (χ3n) is 0. The normalized spacial score (nSPS) is 0. The molecule has 0 aromatic heterocycles. The van der Waals surface area contributed by atoms with Crippen LogP contribution in [-0.2, 0) is 0 Å². The average molecular weight is 593 g/mol. The number of hydrogen-bond donors (Lipinski definition) is 0. The Balaban J connectivity index is 0. The van der Waals surface area contributed by atoms with Crippen LogP contribution in [0.5, 0.6) is 0 Å². The van der Waals surface area contributed by atoms with Gasteiger partial charge in [-0.2, -0.15) is 0 Å². The third kappa shape index (κ3) is 18.6. The quantitative estimate of drug-likeness (QED) is 0.296. The van der Waals surface area contributed by atoms with Gasteiger partial charge in [0.25, 0.3) is 0 Å². The summed E-state index contributed by atoms with van der Waals surface area (Å²) in [7, 11) is 0. The van der Waals surface area contributed by atoms with E-state index in [1.54, 1.807) is 0 Å². The molecule has 0 nitrogen and oxygen atoms in total. The summed E-state index contributed by atoms with van der Waals surface area (Å²) in [4.78, 5) is 0. The molecule has 0 rings (SSSR count). The monoisotopic (exact) mass is 594 g/mol. The zero-order valence-electron chi connectivity index (χ0n) is 2.13. The van der Waals surface area contributed by atoms with Crippen LogP contribution in [0.1, 0.15) is 0 Å². The molecule has 0 atom stereocenters. The molecule has 0 aromatic carbocycles. The first-order valence-corrected chi connectivity index (χ1v) is 0. The SMILES string of the molecule is I.I.I.I.[SeH2]. The summed E-state index contributed by atoms with van der Waals surface area (Å²) in [5.41, 5.74) is 0. The summed E-state index contributed by atoms with van der Waals surface area (Å²) >= 11 is 0.